The summed E-state index contributed by atoms with van der Waals surface area (Å²) in [6.45, 7) is 3.57. The van der Waals surface area contributed by atoms with Crippen LogP contribution in [0.4, 0.5) is 5.69 Å². The molecule has 0 heterocycles. The average molecular weight is 237 g/mol. The fourth-order valence-corrected chi connectivity index (χ4v) is 1.23. The van der Waals surface area contributed by atoms with Crippen molar-refractivity contribution in [2.75, 3.05) is 26.1 Å². The lowest BCUT2D eigenvalue weighted by molar-refractivity contribution is -0.132. The van der Waals surface area contributed by atoms with Crippen LogP contribution in [0.25, 0.3) is 0 Å². The van der Waals surface area contributed by atoms with E-state index < -0.39 is 5.97 Å². The molecule has 0 aliphatic heterocycles. The standard InChI is InChI=1S/C12H15NO4/c1-8(12(14)15)7-13-10-6-9(16-2)4-5-11(10)17-3/h4-6,13H,1,7H2,2-3H3,(H,14,15). The van der Waals surface area contributed by atoms with E-state index in [4.69, 9.17) is 14.6 Å². The minimum atomic E-state index is -1.03. The van der Waals surface area contributed by atoms with E-state index in [0.29, 0.717) is 17.2 Å². The lowest BCUT2D eigenvalue weighted by Gasteiger charge is -2.12. The highest BCUT2D eigenvalue weighted by Gasteiger charge is 2.07. The Morgan fingerprint density at radius 3 is 2.65 bits per heavy atom. The summed E-state index contributed by atoms with van der Waals surface area (Å²) in [4.78, 5) is 10.6. The average Bonchev–Trinajstić information content (AvgIpc) is 2.35. The van der Waals surface area contributed by atoms with E-state index in [2.05, 4.69) is 11.9 Å². The van der Waals surface area contributed by atoms with Gasteiger partial charge in [-0.2, -0.15) is 0 Å². The minimum Gasteiger partial charge on any atom is -0.497 e. The Bertz CT molecular complexity index is 429. The second-order valence-corrected chi connectivity index (χ2v) is 3.33. The number of benzene rings is 1. The molecule has 2 N–H and O–H groups in total. The number of carbonyl (C=O) groups is 1. The van der Waals surface area contributed by atoms with Crippen molar-refractivity contribution in [1.82, 2.24) is 0 Å². The van der Waals surface area contributed by atoms with Crippen molar-refractivity contribution in [2.24, 2.45) is 0 Å². The highest BCUT2D eigenvalue weighted by molar-refractivity contribution is 5.87. The molecule has 17 heavy (non-hydrogen) atoms. The van der Waals surface area contributed by atoms with Crippen LogP contribution in [-0.2, 0) is 4.79 Å². The fourth-order valence-electron chi connectivity index (χ4n) is 1.23. The van der Waals surface area contributed by atoms with Gasteiger partial charge in [0.05, 0.1) is 19.9 Å². The second kappa shape index (κ2) is 5.79. The number of hydrogen-bond acceptors (Lipinski definition) is 4. The molecule has 0 radical (unpaired) electrons. The summed E-state index contributed by atoms with van der Waals surface area (Å²) in [5, 5.41) is 11.6. The Hall–Kier alpha value is -2.17. The van der Waals surface area contributed by atoms with E-state index >= 15 is 0 Å². The molecular formula is C12H15NO4. The second-order valence-electron chi connectivity index (χ2n) is 3.33. The molecule has 0 bridgehead atoms. The first-order chi connectivity index (χ1) is 8.08. The topological polar surface area (TPSA) is 67.8 Å². The summed E-state index contributed by atoms with van der Waals surface area (Å²) >= 11 is 0. The molecule has 1 rings (SSSR count). The number of anilines is 1. The zero-order valence-electron chi connectivity index (χ0n) is 9.82. The number of nitrogens with one attached hydrogen (secondary N) is 1. The van der Waals surface area contributed by atoms with Crippen LogP contribution in [0.1, 0.15) is 0 Å². The number of carboxylic acids is 1. The van der Waals surface area contributed by atoms with Gasteiger partial charge in [0.15, 0.2) is 0 Å². The van der Waals surface area contributed by atoms with E-state index in [-0.39, 0.29) is 12.1 Å². The van der Waals surface area contributed by atoms with Crippen LogP contribution in [0.3, 0.4) is 0 Å². The smallest absolute Gasteiger partial charge is 0.332 e. The molecule has 0 saturated carbocycles. The van der Waals surface area contributed by atoms with E-state index in [0.717, 1.165) is 0 Å². The van der Waals surface area contributed by atoms with Crippen molar-refractivity contribution in [2.45, 2.75) is 0 Å². The van der Waals surface area contributed by atoms with Crippen molar-refractivity contribution < 1.29 is 19.4 Å². The Balaban J connectivity index is 2.81. The number of carboxylic acid groups (broad SMARTS) is 1. The predicted molar refractivity (Wildman–Crippen MR) is 64.8 cm³/mol. The molecule has 1 aromatic carbocycles. The molecule has 0 saturated heterocycles. The van der Waals surface area contributed by atoms with Gasteiger partial charge in [-0.05, 0) is 12.1 Å². The molecule has 0 fully saturated rings. The van der Waals surface area contributed by atoms with Crippen molar-refractivity contribution >= 4 is 11.7 Å². The largest absolute Gasteiger partial charge is 0.497 e. The molecule has 0 aliphatic rings. The molecule has 1 aromatic rings. The summed E-state index contributed by atoms with van der Waals surface area (Å²) in [7, 11) is 3.10. The van der Waals surface area contributed by atoms with Crippen LogP contribution in [0, 0.1) is 0 Å². The van der Waals surface area contributed by atoms with Crippen LogP contribution in [0.5, 0.6) is 11.5 Å². The quantitative estimate of drug-likeness (QED) is 0.738. The first-order valence-electron chi connectivity index (χ1n) is 4.95. The fraction of sp³-hybridized carbons (Fsp3) is 0.250. The zero-order chi connectivity index (χ0) is 12.8. The van der Waals surface area contributed by atoms with Gasteiger partial charge in [0, 0.05) is 18.2 Å². The third-order valence-electron chi connectivity index (χ3n) is 2.20. The molecule has 92 valence electrons. The van der Waals surface area contributed by atoms with E-state index in [9.17, 15) is 4.79 Å². The third-order valence-corrected chi connectivity index (χ3v) is 2.20. The molecule has 0 unspecified atom stereocenters. The number of hydrogen-bond donors (Lipinski definition) is 2. The van der Waals surface area contributed by atoms with Crippen LogP contribution < -0.4 is 14.8 Å². The highest BCUT2D eigenvalue weighted by atomic mass is 16.5. The highest BCUT2D eigenvalue weighted by Crippen LogP contribution is 2.28. The maximum Gasteiger partial charge on any atom is 0.332 e. The Kier molecular flexibility index (Phi) is 4.39. The molecule has 0 atom stereocenters. The lowest BCUT2D eigenvalue weighted by Crippen LogP contribution is -2.11. The van der Waals surface area contributed by atoms with Gasteiger partial charge >= 0.3 is 5.97 Å². The van der Waals surface area contributed by atoms with Gasteiger partial charge in [-0.1, -0.05) is 6.58 Å². The summed E-state index contributed by atoms with van der Waals surface area (Å²) in [6.07, 6.45) is 0. The molecule has 5 nitrogen and oxygen atoms in total. The van der Waals surface area contributed by atoms with E-state index in [1.165, 1.54) is 0 Å². The molecule has 0 amide bonds. The lowest BCUT2D eigenvalue weighted by atomic mass is 10.2. The van der Waals surface area contributed by atoms with Gasteiger partial charge in [-0.3, -0.25) is 0 Å². The van der Waals surface area contributed by atoms with Crippen LogP contribution in [0.2, 0.25) is 0 Å². The molecule has 5 heteroatoms. The Morgan fingerprint density at radius 1 is 1.41 bits per heavy atom. The zero-order valence-corrected chi connectivity index (χ0v) is 9.82. The van der Waals surface area contributed by atoms with Gasteiger partial charge in [0.25, 0.3) is 0 Å². The number of rotatable bonds is 6. The van der Waals surface area contributed by atoms with Crippen LogP contribution in [-0.4, -0.2) is 31.8 Å². The monoisotopic (exact) mass is 237 g/mol. The van der Waals surface area contributed by atoms with Crippen molar-refractivity contribution in [1.29, 1.82) is 0 Å². The number of methoxy groups -OCH3 is 2. The summed E-state index contributed by atoms with van der Waals surface area (Å²) in [5.74, 6) is 0.248. The summed E-state index contributed by atoms with van der Waals surface area (Å²) in [6, 6.07) is 5.23. The molecular weight excluding hydrogens is 222 g/mol. The third kappa shape index (κ3) is 3.41. The van der Waals surface area contributed by atoms with Crippen LogP contribution >= 0.6 is 0 Å². The van der Waals surface area contributed by atoms with Gasteiger partial charge in [0.2, 0.25) is 0 Å². The van der Waals surface area contributed by atoms with Gasteiger partial charge in [-0.15, -0.1) is 0 Å². The van der Waals surface area contributed by atoms with Crippen molar-refractivity contribution in [3.05, 3.63) is 30.4 Å². The van der Waals surface area contributed by atoms with E-state index in [1.54, 1.807) is 32.4 Å². The van der Waals surface area contributed by atoms with Crippen molar-refractivity contribution in [3.8, 4) is 11.5 Å². The van der Waals surface area contributed by atoms with Gasteiger partial charge < -0.3 is 19.9 Å². The first-order valence-corrected chi connectivity index (χ1v) is 4.95. The van der Waals surface area contributed by atoms with Gasteiger partial charge in [-0.25, -0.2) is 4.79 Å². The molecule has 0 aromatic heterocycles. The molecule has 0 spiro atoms. The number of ether oxygens (including phenoxy) is 2. The Labute approximate surface area is 99.7 Å². The first kappa shape index (κ1) is 12.9. The van der Waals surface area contributed by atoms with Crippen molar-refractivity contribution in [3.63, 3.8) is 0 Å². The summed E-state index contributed by atoms with van der Waals surface area (Å²) in [5.41, 5.74) is 0.740. The minimum absolute atomic E-state index is 0.0786. The maximum absolute atomic E-state index is 10.6. The SMILES string of the molecule is C=C(CNc1cc(OC)ccc1OC)C(=O)O. The summed E-state index contributed by atoms with van der Waals surface area (Å²) < 4.78 is 10.2. The van der Waals surface area contributed by atoms with E-state index in [1.807, 2.05) is 0 Å². The maximum atomic E-state index is 10.6. The van der Waals surface area contributed by atoms with Gasteiger partial charge in [0.1, 0.15) is 11.5 Å². The van der Waals surface area contributed by atoms with Crippen LogP contribution in [0.15, 0.2) is 30.4 Å². The Morgan fingerprint density at radius 2 is 2.12 bits per heavy atom. The molecule has 0 aliphatic carbocycles. The normalized spacial score (nSPS) is 9.53. The predicted octanol–water partition coefficient (Wildman–Crippen LogP) is 1.76. The number of aliphatic carboxylic acids is 1.